The lowest BCUT2D eigenvalue weighted by Gasteiger charge is -2.09. The van der Waals surface area contributed by atoms with Crippen LogP contribution in [0.4, 0.5) is 5.69 Å². The van der Waals surface area contributed by atoms with Crippen molar-refractivity contribution in [1.29, 1.82) is 0 Å². The van der Waals surface area contributed by atoms with Gasteiger partial charge in [-0.05, 0) is 54.5 Å². The molecule has 2 N–H and O–H groups in total. The van der Waals surface area contributed by atoms with Crippen LogP contribution >= 0.6 is 0 Å². The SMILES string of the molecule is CCCCOC(=O)c1ccc(NS(=O)(=O)c2ccc(/C=C/C(=O)NC)cc2)cc1. The molecule has 2 aromatic carbocycles. The zero-order valence-electron chi connectivity index (χ0n) is 16.3. The van der Waals surface area contributed by atoms with Gasteiger partial charge in [-0.25, -0.2) is 13.2 Å². The summed E-state index contributed by atoms with van der Waals surface area (Å²) < 4.78 is 32.7. The zero-order chi connectivity index (χ0) is 21.3. The van der Waals surface area contributed by atoms with Crippen molar-refractivity contribution in [2.45, 2.75) is 24.7 Å². The number of carbonyl (C=O) groups is 2. The monoisotopic (exact) mass is 416 g/mol. The lowest BCUT2D eigenvalue weighted by molar-refractivity contribution is -0.115. The van der Waals surface area contributed by atoms with Gasteiger partial charge in [0.1, 0.15) is 0 Å². The first-order valence-electron chi connectivity index (χ1n) is 9.15. The van der Waals surface area contributed by atoms with Crippen molar-refractivity contribution < 1.29 is 22.7 Å². The number of ether oxygens (including phenoxy) is 1. The third-order valence-electron chi connectivity index (χ3n) is 3.97. The average Bonchev–Trinajstić information content (AvgIpc) is 2.72. The van der Waals surface area contributed by atoms with Crippen LogP contribution in [-0.4, -0.2) is 33.9 Å². The van der Waals surface area contributed by atoms with Crippen molar-refractivity contribution in [3.8, 4) is 0 Å². The molecule has 0 saturated carbocycles. The lowest BCUT2D eigenvalue weighted by atomic mass is 10.2. The molecule has 1 amide bonds. The number of hydrogen-bond donors (Lipinski definition) is 2. The molecule has 0 radical (unpaired) electrons. The number of sulfonamides is 1. The van der Waals surface area contributed by atoms with E-state index >= 15 is 0 Å². The van der Waals surface area contributed by atoms with Crippen molar-refractivity contribution in [2.24, 2.45) is 0 Å². The summed E-state index contributed by atoms with van der Waals surface area (Å²) in [7, 11) is -2.26. The summed E-state index contributed by atoms with van der Waals surface area (Å²) in [6, 6.07) is 12.1. The molecule has 2 rings (SSSR count). The summed E-state index contributed by atoms with van der Waals surface area (Å²) in [6.07, 6.45) is 4.67. The first-order valence-corrected chi connectivity index (χ1v) is 10.6. The Bertz CT molecular complexity index is 965. The molecular formula is C21H24N2O5S. The van der Waals surface area contributed by atoms with Crippen LogP contribution in [0.5, 0.6) is 0 Å². The number of rotatable bonds is 9. The highest BCUT2D eigenvalue weighted by molar-refractivity contribution is 7.92. The quantitative estimate of drug-likeness (QED) is 0.371. The highest BCUT2D eigenvalue weighted by Gasteiger charge is 2.14. The highest BCUT2D eigenvalue weighted by Crippen LogP contribution is 2.18. The number of benzene rings is 2. The first kappa shape index (κ1) is 22.2. The molecule has 0 unspecified atom stereocenters. The minimum Gasteiger partial charge on any atom is -0.462 e. The topological polar surface area (TPSA) is 102 Å². The van der Waals surface area contributed by atoms with Gasteiger partial charge in [-0.15, -0.1) is 0 Å². The van der Waals surface area contributed by atoms with Crippen LogP contribution in [-0.2, 0) is 19.6 Å². The van der Waals surface area contributed by atoms with E-state index in [9.17, 15) is 18.0 Å². The minimum absolute atomic E-state index is 0.0812. The maximum atomic E-state index is 12.5. The van der Waals surface area contributed by atoms with Gasteiger partial charge in [0.05, 0.1) is 17.1 Å². The minimum atomic E-state index is -3.79. The second kappa shape index (κ2) is 10.4. The number of esters is 1. The predicted octanol–water partition coefficient (Wildman–Crippen LogP) is 3.20. The van der Waals surface area contributed by atoms with E-state index in [1.807, 2.05) is 6.92 Å². The maximum absolute atomic E-state index is 12.5. The number of carbonyl (C=O) groups excluding carboxylic acids is 2. The predicted molar refractivity (Wildman–Crippen MR) is 112 cm³/mol. The molecule has 0 spiro atoms. The van der Waals surface area contributed by atoms with Crippen molar-refractivity contribution >= 4 is 33.7 Å². The van der Waals surface area contributed by atoms with Gasteiger partial charge in [-0.3, -0.25) is 9.52 Å². The Kier molecular flexibility index (Phi) is 7.97. The standard InChI is InChI=1S/C21H24N2O5S/c1-3-4-15-28-21(25)17-8-10-18(11-9-17)23-29(26,27)19-12-5-16(6-13-19)7-14-20(24)22-2/h5-14,23H,3-4,15H2,1-2H3,(H,22,24)/b14-7+. The number of likely N-dealkylation sites (N-methyl/N-ethyl adjacent to an activating group) is 1. The van der Waals surface area contributed by atoms with Crippen molar-refractivity contribution in [3.63, 3.8) is 0 Å². The second-order valence-electron chi connectivity index (χ2n) is 6.19. The van der Waals surface area contributed by atoms with Crippen LogP contribution in [0.15, 0.2) is 59.5 Å². The summed E-state index contributed by atoms with van der Waals surface area (Å²) >= 11 is 0. The molecule has 8 heteroatoms. The van der Waals surface area contributed by atoms with E-state index < -0.39 is 16.0 Å². The van der Waals surface area contributed by atoms with Gasteiger partial charge < -0.3 is 10.1 Å². The van der Waals surface area contributed by atoms with E-state index in [4.69, 9.17) is 4.74 Å². The third kappa shape index (κ3) is 6.76. The number of anilines is 1. The molecule has 0 fully saturated rings. The fourth-order valence-corrected chi connectivity index (χ4v) is 3.35. The Balaban J connectivity index is 2.04. The molecule has 0 aliphatic carbocycles. The van der Waals surface area contributed by atoms with E-state index in [0.29, 0.717) is 23.4 Å². The van der Waals surface area contributed by atoms with Crippen LogP contribution < -0.4 is 10.0 Å². The van der Waals surface area contributed by atoms with Gasteiger partial charge >= 0.3 is 5.97 Å². The van der Waals surface area contributed by atoms with Gasteiger partial charge in [0.25, 0.3) is 10.0 Å². The van der Waals surface area contributed by atoms with Crippen molar-refractivity contribution in [2.75, 3.05) is 18.4 Å². The number of nitrogens with one attached hydrogen (secondary N) is 2. The number of amides is 1. The van der Waals surface area contributed by atoms with E-state index in [2.05, 4.69) is 10.0 Å². The fourth-order valence-electron chi connectivity index (χ4n) is 2.29. The van der Waals surface area contributed by atoms with Crippen molar-refractivity contribution in [3.05, 3.63) is 65.7 Å². The lowest BCUT2D eigenvalue weighted by Crippen LogP contribution is -2.14. The van der Waals surface area contributed by atoms with Crippen LogP contribution in [0.25, 0.3) is 6.08 Å². The molecule has 154 valence electrons. The zero-order valence-corrected chi connectivity index (χ0v) is 17.2. The molecule has 29 heavy (non-hydrogen) atoms. The van der Waals surface area contributed by atoms with Crippen LogP contribution in [0.3, 0.4) is 0 Å². The first-order chi connectivity index (χ1) is 13.9. The highest BCUT2D eigenvalue weighted by atomic mass is 32.2. The summed E-state index contributed by atoms with van der Waals surface area (Å²) in [4.78, 5) is 23.2. The Labute approximate surface area is 170 Å². The molecule has 0 aliphatic heterocycles. The van der Waals surface area contributed by atoms with E-state index in [1.165, 1.54) is 49.5 Å². The Hall–Kier alpha value is -3.13. The van der Waals surface area contributed by atoms with Crippen LogP contribution in [0.2, 0.25) is 0 Å². The number of unbranched alkanes of at least 4 members (excludes halogenated alkanes) is 1. The van der Waals surface area contributed by atoms with Gasteiger partial charge in [0.15, 0.2) is 0 Å². The summed E-state index contributed by atoms with van der Waals surface area (Å²) in [5, 5.41) is 2.46. The average molecular weight is 416 g/mol. The fraction of sp³-hybridized carbons (Fsp3) is 0.238. The normalized spacial score (nSPS) is 11.2. The third-order valence-corrected chi connectivity index (χ3v) is 5.37. The molecule has 0 atom stereocenters. The van der Waals surface area contributed by atoms with E-state index in [1.54, 1.807) is 18.2 Å². The Morgan fingerprint density at radius 1 is 1.03 bits per heavy atom. The number of hydrogen-bond acceptors (Lipinski definition) is 5. The Morgan fingerprint density at radius 2 is 1.69 bits per heavy atom. The molecule has 0 heterocycles. The van der Waals surface area contributed by atoms with Crippen molar-refractivity contribution in [1.82, 2.24) is 5.32 Å². The van der Waals surface area contributed by atoms with Gasteiger partial charge in [0, 0.05) is 18.8 Å². The van der Waals surface area contributed by atoms with Gasteiger partial charge in [0.2, 0.25) is 5.91 Å². The molecule has 0 saturated heterocycles. The summed E-state index contributed by atoms with van der Waals surface area (Å²) in [5.41, 5.74) is 1.38. The molecule has 2 aromatic rings. The maximum Gasteiger partial charge on any atom is 0.338 e. The van der Waals surface area contributed by atoms with E-state index in [-0.39, 0.29) is 10.8 Å². The summed E-state index contributed by atoms with van der Waals surface area (Å²) in [5.74, 6) is -0.686. The molecule has 0 aromatic heterocycles. The second-order valence-corrected chi connectivity index (χ2v) is 7.87. The van der Waals surface area contributed by atoms with Crippen LogP contribution in [0.1, 0.15) is 35.7 Å². The largest absolute Gasteiger partial charge is 0.462 e. The van der Waals surface area contributed by atoms with E-state index in [0.717, 1.165) is 12.8 Å². The molecule has 0 bridgehead atoms. The molecular weight excluding hydrogens is 392 g/mol. The van der Waals surface area contributed by atoms with Crippen LogP contribution in [0, 0.1) is 0 Å². The summed E-state index contributed by atoms with van der Waals surface area (Å²) in [6.45, 7) is 2.36. The molecule has 0 aliphatic rings. The van der Waals surface area contributed by atoms with Gasteiger partial charge in [-0.2, -0.15) is 0 Å². The molecule has 7 nitrogen and oxygen atoms in total. The smallest absolute Gasteiger partial charge is 0.338 e. The Morgan fingerprint density at radius 3 is 2.28 bits per heavy atom. The van der Waals surface area contributed by atoms with Gasteiger partial charge in [-0.1, -0.05) is 25.5 Å².